The molecular weight excluding hydrogens is 997 g/mol. The fraction of sp³-hybridized carbons (Fsp3) is 0.386. The van der Waals surface area contributed by atoms with E-state index >= 15 is 0 Å². The summed E-state index contributed by atoms with van der Waals surface area (Å²) in [4.78, 5) is 53.9. The Balaban J connectivity index is 1.03. The standard InChI is InChI=1S/C57H64N4O14S/c1-3-53(62)72-38-34-68-30-28-66-32-36-70-47-19-14-43(15-20-47)55(64)74-49-23-12-42(13-24-49)45-18-25-51(46(40-45)41-59-61(27-9-5-8-26-58)57-60-50-10-6-7-11-52(50)76-57)75-56(65)44-16-21-48(22-17-44)71-37-33-67-29-31-69-35-39-73-54(63)4-2/h3-4,6-7,10-11,14-22,25,40-42,49H,1-2,5,8-9,12-13,23-24,27-39H2/b59-41+. The Hall–Kier alpha value is -7.47. The predicted molar refractivity (Wildman–Crippen MR) is 285 cm³/mol. The molecule has 0 aliphatic heterocycles. The average Bonchev–Trinajstić information content (AvgIpc) is 3.89. The molecule has 76 heavy (non-hydrogen) atoms. The second kappa shape index (κ2) is 32.8. The largest absolute Gasteiger partial charge is 0.491 e. The molecule has 0 amide bonds. The molecule has 1 heterocycles. The molecule has 19 heteroatoms. The molecule has 5 aromatic rings. The molecule has 4 aromatic carbocycles. The second-order valence-electron chi connectivity index (χ2n) is 17.0. The van der Waals surface area contributed by atoms with Crippen molar-refractivity contribution in [3.05, 3.63) is 139 Å². The highest BCUT2D eigenvalue weighted by atomic mass is 32.1. The van der Waals surface area contributed by atoms with Crippen molar-refractivity contribution >= 4 is 56.8 Å². The van der Waals surface area contributed by atoms with Gasteiger partial charge in [-0.15, -0.1) is 0 Å². The zero-order chi connectivity index (χ0) is 53.6. The van der Waals surface area contributed by atoms with E-state index in [4.69, 9.17) is 57.5 Å². The molecule has 0 radical (unpaired) electrons. The van der Waals surface area contributed by atoms with E-state index in [9.17, 15) is 24.4 Å². The van der Waals surface area contributed by atoms with Gasteiger partial charge in [0.1, 0.15) is 49.8 Å². The number of hydrogen-bond donors (Lipinski definition) is 0. The van der Waals surface area contributed by atoms with Crippen LogP contribution >= 0.6 is 11.3 Å². The number of nitrogens with zero attached hydrogens (tertiary/aromatic N) is 4. The van der Waals surface area contributed by atoms with E-state index in [0.29, 0.717) is 124 Å². The van der Waals surface area contributed by atoms with Gasteiger partial charge in [-0.3, -0.25) is 0 Å². The third kappa shape index (κ3) is 20.0. The van der Waals surface area contributed by atoms with Gasteiger partial charge in [-0.25, -0.2) is 29.2 Å². The summed E-state index contributed by atoms with van der Waals surface area (Å²) in [6, 6.07) is 29.3. The maximum Gasteiger partial charge on any atom is 0.343 e. The van der Waals surface area contributed by atoms with E-state index in [1.807, 2.05) is 41.4 Å². The van der Waals surface area contributed by atoms with Crippen molar-refractivity contribution in [1.82, 2.24) is 4.98 Å². The highest BCUT2D eigenvalue weighted by Crippen LogP contribution is 2.37. The fourth-order valence-electron chi connectivity index (χ4n) is 7.65. The van der Waals surface area contributed by atoms with Gasteiger partial charge in [-0.1, -0.05) is 42.7 Å². The summed E-state index contributed by atoms with van der Waals surface area (Å²) in [7, 11) is 0. The Bertz CT molecular complexity index is 2660. The lowest BCUT2D eigenvalue weighted by Gasteiger charge is -2.29. The minimum Gasteiger partial charge on any atom is -0.491 e. The van der Waals surface area contributed by atoms with Crippen LogP contribution in [0.1, 0.15) is 82.7 Å². The maximum atomic E-state index is 13.7. The summed E-state index contributed by atoms with van der Waals surface area (Å²) in [5.74, 6) is -0.348. The summed E-state index contributed by atoms with van der Waals surface area (Å²) >= 11 is 1.52. The number of nitriles is 1. The molecule has 0 N–H and O–H groups in total. The van der Waals surface area contributed by atoms with E-state index in [1.54, 1.807) is 60.8 Å². The number of hydrazone groups is 1. The van der Waals surface area contributed by atoms with Crippen LogP contribution < -0.4 is 19.2 Å². The number of rotatable bonds is 34. The fourth-order valence-corrected chi connectivity index (χ4v) is 8.60. The summed E-state index contributed by atoms with van der Waals surface area (Å²) < 4.78 is 56.1. The molecule has 6 rings (SSSR count). The zero-order valence-corrected chi connectivity index (χ0v) is 43.3. The Morgan fingerprint density at radius 1 is 0.671 bits per heavy atom. The maximum absolute atomic E-state index is 13.7. The van der Waals surface area contributed by atoms with Crippen LogP contribution in [0.3, 0.4) is 0 Å². The van der Waals surface area contributed by atoms with Gasteiger partial charge in [-0.05, 0) is 123 Å². The Morgan fingerprint density at radius 3 is 1.79 bits per heavy atom. The van der Waals surface area contributed by atoms with Crippen LogP contribution in [0.4, 0.5) is 5.13 Å². The van der Waals surface area contributed by atoms with Crippen LogP contribution in [-0.4, -0.2) is 127 Å². The van der Waals surface area contributed by atoms with Crippen molar-refractivity contribution in [2.24, 2.45) is 5.10 Å². The number of carbonyl (C=O) groups excluding carboxylic acids is 4. The van der Waals surface area contributed by atoms with Gasteiger partial charge in [-0.2, -0.15) is 10.4 Å². The number of ether oxygens (including phenoxy) is 10. The van der Waals surface area contributed by atoms with E-state index in [-0.39, 0.29) is 45.1 Å². The number of benzene rings is 4. The first-order chi connectivity index (χ1) is 37.2. The number of carbonyl (C=O) groups is 4. The van der Waals surface area contributed by atoms with Crippen molar-refractivity contribution in [2.75, 3.05) is 90.8 Å². The predicted octanol–water partition coefficient (Wildman–Crippen LogP) is 9.22. The van der Waals surface area contributed by atoms with Crippen LogP contribution in [0.15, 0.2) is 121 Å². The third-order valence-corrected chi connectivity index (χ3v) is 12.6. The second-order valence-corrected chi connectivity index (χ2v) is 18.0. The Morgan fingerprint density at radius 2 is 1.22 bits per heavy atom. The molecule has 0 unspecified atom stereocenters. The topological polar surface area (TPSA) is 213 Å². The first-order valence-corrected chi connectivity index (χ1v) is 26.0. The van der Waals surface area contributed by atoms with Gasteiger partial charge in [0.25, 0.3) is 0 Å². The third-order valence-electron chi connectivity index (χ3n) is 11.6. The first kappa shape index (κ1) is 57.8. The molecule has 1 aliphatic carbocycles. The first-order valence-electron chi connectivity index (χ1n) is 25.2. The van der Waals surface area contributed by atoms with Crippen molar-refractivity contribution < 1.29 is 66.5 Å². The van der Waals surface area contributed by atoms with Crippen LogP contribution in [0.25, 0.3) is 10.2 Å². The number of hydrogen-bond acceptors (Lipinski definition) is 19. The van der Waals surface area contributed by atoms with E-state index < -0.39 is 23.9 Å². The smallest absolute Gasteiger partial charge is 0.343 e. The van der Waals surface area contributed by atoms with Crippen molar-refractivity contribution in [1.29, 1.82) is 5.26 Å². The number of thiazole rings is 1. The molecule has 0 atom stereocenters. The number of unbranched alkanes of at least 4 members (excludes halogenated alkanes) is 2. The van der Waals surface area contributed by atoms with Gasteiger partial charge in [0, 0.05) is 30.7 Å². The van der Waals surface area contributed by atoms with Crippen LogP contribution in [0.2, 0.25) is 0 Å². The summed E-state index contributed by atoms with van der Waals surface area (Å²) in [5.41, 5.74) is 3.23. The van der Waals surface area contributed by atoms with Gasteiger partial charge in [0.15, 0.2) is 0 Å². The molecule has 1 saturated carbocycles. The summed E-state index contributed by atoms with van der Waals surface area (Å²) in [6.07, 6.45) is 8.35. The number of fused-ring (bicyclic) bond motifs is 1. The molecule has 0 spiro atoms. The molecule has 1 aliphatic rings. The average molecular weight is 1060 g/mol. The van der Waals surface area contributed by atoms with Gasteiger partial charge >= 0.3 is 23.9 Å². The molecule has 18 nitrogen and oxygen atoms in total. The molecule has 0 saturated heterocycles. The highest BCUT2D eigenvalue weighted by molar-refractivity contribution is 7.22. The number of esters is 4. The normalized spacial score (nSPS) is 14.1. The lowest BCUT2D eigenvalue weighted by molar-refractivity contribution is -0.140. The number of aromatic nitrogens is 1. The summed E-state index contributed by atoms with van der Waals surface area (Å²) in [5, 5.41) is 16.7. The van der Waals surface area contributed by atoms with Crippen molar-refractivity contribution in [2.45, 2.75) is 57.0 Å². The molecule has 0 bridgehead atoms. The Labute approximate surface area is 446 Å². The lowest BCUT2D eigenvalue weighted by Crippen LogP contribution is -2.24. The molecule has 1 aromatic heterocycles. The number of anilines is 1. The SMILES string of the molecule is C=CC(=O)OCCOCCOCCOc1ccc(C(=O)Oc2ccc(C3CCC(OC(=O)c4ccc(OCCOCCOCCOC(=O)C=C)cc4)CC3)cc2/C=N/N(CCCCC#N)c2nc3ccccc3s2)cc1. The summed E-state index contributed by atoms with van der Waals surface area (Å²) in [6.45, 7) is 10.6. The van der Waals surface area contributed by atoms with E-state index in [2.05, 4.69) is 19.2 Å². The van der Waals surface area contributed by atoms with Crippen LogP contribution in [0, 0.1) is 11.3 Å². The van der Waals surface area contributed by atoms with E-state index in [1.165, 1.54) is 11.3 Å². The number of para-hydroxylation sites is 1. The quantitative estimate of drug-likeness (QED) is 0.00714. The van der Waals surface area contributed by atoms with Crippen LogP contribution in [-0.2, 0) is 42.7 Å². The van der Waals surface area contributed by atoms with Gasteiger partial charge < -0.3 is 47.4 Å². The zero-order valence-electron chi connectivity index (χ0n) is 42.5. The van der Waals surface area contributed by atoms with Crippen LogP contribution in [0.5, 0.6) is 17.2 Å². The van der Waals surface area contributed by atoms with Crippen molar-refractivity contribution in [3.63, 3.8) is 0 Å². The van der Waals surface area contributed by atoms with Gasteiger partial charge in [0.05, 0.1) is 86.5 Å². The highest BCUT2D eigenvalue weighted by Gasteiger charge is 2.26. The minimum absolute atomic E-state index is 0.136. The van der Waals surface area contributed by atoms with Crippen molar-refractivity contribution in [3.8, 4) is 23.3 Å². The van der Waals surface area contributed by atoms with Gasteiger partial charge in [0.2, 0.25) is 5.13 Å². The minimum atomic E-state index is -0.562. The monoisotopic (exact) mass is 1060 g/mol. The molecule has 402 valence electrons. The lowest BCUT2D eigenvalue weighted by atomic mass is 9.82. The van der Waals surface area contributed by atoms with E-state index in [0.717, 1.165) is 40.8 Å². The Kier molecular flexibility index (Phi) is 24.9. The molecular formula is C57H64N4O14S. The molecule has 1 fully saturated rings.